The van der Waals surface area contributed by atoms with Crippen LogP contribution in [0.15, 0.2) is 147 Å². The minimum atomic E-state index is -1.96. The monoisotopic (exact) mass is 1670 g/mol. The van der Waals surface area contributed by atoms with Gasteiger partial charge in [-0.3, -0.25) is 28.8 Å². The molecule has 618 valence electrons. The first-order valence-corrected chi connectivity index (χ1v) is 39.9. The van der Waals surface area contributed by atoms with Gasteiger partial charge in [0.2, 0.25) is 47.5 Å². The third-order valence-electron chi connectivity index (χ3n) is 22.9. The van der Waals surface area contributed by atoms with Crippen LogP contribution in [0.25, 0.3) is 11.1 Å². The van der Waals surface area contributed by atoms with Gasteiger partial charge < -0.3 is 123 Å². The Balaban J connectivity index is 1.06. The maximum atomic E-state index is 15.9. The number of rotatable bonds is 14. The van der Waals surface area contributed by atoms with Crippen molar-refractivity contribution in [3.05, 3.63) is 169 Å². The van der Waals surface area contributed by atoms with Crippen molar-refractivity contribution in [2.24, 2.45) is 17.6 Å². The number of ether oxygens (including phenoxy) is 6. The molecule has 4 aliphatic carbocycles. The van der Waals surface area contributed by atoms with Gasteiger partial charge in [-0.25, -0.2) is 0 Å². The van der Waals surface area contributed by atoms with E-state index in [2.05, 4.69) is 42.5 Å². The minimum Gasteiger partial charge on any atom is -0.512 e. The number of alkyl halides is 1. The van der Waals surface area contributed by atoms with Crippen molar-refractivity contribution < 1.29 is 103 Å². The van der Waals surface area contributed by atoms with E-state index >= 15 is 19.2 Å². The molecule has 3 aromatic carbocycles. The normalized spacial score (nSPS) is 32.8. The first-order chi connectivity index (χ1) is 54.8. The standard InChI is InChI=1S/C81H96Cl3N9O21S/c1-34(2)20-52(86-5)75(105)91-66-68(100)39-11-17-55(49(83)23-39)110-57-25-42-26-58(71(57)114-80-72-63(70(102)59(33-96)112-80)47-21-36(6-15-45(47)37-9-13-43(82)14-10-37)30-87-81(4)29-61(113-72)109-35(3)73(81)103)111-56-18-12-40(24-50(56)84)69(101)67-78(108)89-53(32-95)48-27-44(97)28-54(98)62(48)46-22-38(7-8-41(46)31-94)64(76(106)92-67)93-79(115)65(42)90-74(104)51(88-77(66)107)16-19-60(85)99/h6-10,12-15,18,21,23,25-27,34-35,44,46,50-53,59,61,63-70,72-73,80,86-87,94-98,100-103H,11,16-17,19-20,22,24,28-33H2,1-5H3,(H2,85,99)(H,88,107)(H,89,108)(H,90,104)(H,91,105)(H,92,106)(H,93,115)/t35?,44?,46?,50?,51-,52+,53+,59?,61-,63-,64+,65+,66+,67-,68+,69+,70?,72?,73+,80+,81?/m0/s1. The summed E-state index contributed by atoms with van der Waals surface area (Å²) in [6.07, 6.45) is -8.19. The Kier molecular flexibility index (Phi) is 26.2. The highest BCUT2D eigenvalue weighted by atomic mass is 35.5. The Labute approximate surface area is 683 Å². The molecule has 15 bridgehead atoms. The van der Waals surface area contributed by atoms with Crippen LogP contribution in [0.5, 0.6) is 17.2 Å². The summed E-state index contributed by atoms with van der Waals surface area (Å²) >= 11 is 27.9. The number of primary amides is 1. The van der Waals surface area contributed by atoms with Gasteiger partial charge in [0.1, 0.15) is 71.1 Å². The number of aliphatic hydroxyl groups excluding tert-OH is 9. The van der Waals surface area contributed by atoms with Crippen molar-refractivity contribution in [2.45, 2.75) is 213 Å². The number of fused-ring (bicyclic) bond motifs is 21. The molecule has 0 saturated carbocycles. The van der Waals surface area contributed by atoms with E-state index in [-0.39, 0.29) is 130 Å². The topological polar surface area (TPSA) is 462 Å². The van der Waals surface area contributed by atoms with E-state index in [1.807, 2.05) is 39.0 Å². The summed E-state index contributed by atoms with van der Waals surface area (Å²) in [5.74, 6) is -9.76. The summed E-state index contributed by atoms with van der Waals surface area (Å²) < 4.78 is 42.1. The Bertz CT molecular complexity index is 4590. The van der Waals surface area contributed by atoms with Gasteiger partial charge >= 0.3 is 0 Å². The second-order valence-corrected chi connectivity index (χ2v) is 33.1. The van der Waals surface area contributed by atoms with Crippen LogP contribution in [0.1, 0.15) is 114 Å². The van der Waals surface area contributed by atoms with Crippen molar-refractivity contribution in [1.82, 2.24) is 42.5 Å². The van der Waals surface area contributed by atoms with Crippen molar-refractivity contribution in [2.75, 3.05) is 26.9 Å². The fraction of sp³-hybridized carbons (Fsp3) is 0.494. The number of amides is 6. The van der Waals surface area contributed by atoms with Crippen LogP contribution >= 0.6 is 47.0 Å². The Hall–Kier alpha value is -8.16. The van der Waals surface area contributed by atoms with Crippen molar-refractivity contribution in [1.29, 1.82) is 0 Å². The van der Waals surface area contributed by atoms with Gasteiger partial charge in [-0.05, 0) is 157 Å². The van der Waals surface area contributed by atoms with Gasteiger partial charge in [-0.2, -0.15) is 0 Å². The molecule has 34 heteroatoms. The molecule has 6 amide bonds. The molecule has 115 heavy (non-hydrogen) atoms. The largest absolute Gasteiger partial charge is 0.512 e. The summed E-state index contributed by atoms with van der Waals surface area (Å²) in [7, 11) is 1.55. The Morgan fingerprint density at radius 1 is 0.791 bits per heavy atom. The number of carbonyl (C=O) groups is 6. The molecule has 0 radical (unpaired) electrons. The van der Waals surface area contributed by atoms with Crippen LogP contribution in [0, 0.1) is 11.8 Å². The zero-order valence-electron chi connectivity index (χ0n) is 63.5. The molecule has 15 rings (SSSR count). The smallest absolute Gasteiger partial charge is 0.247 e. The number of halogens is 3. The molecule has 12 aliphatic rings. The number of nitrogens with two attached hydrogens (primary N) is 1. The highest BCUT2D eigenvalue weighted by molar-refractivity contribution is 7.80. The molecule has 21 atom stereocenters. The molecule has 3 fully saturated rings. The highest BCUT2D eigenvalue weighted by Gasteiger charge is 2.54. The van der Waals surface area contributed by atoms with Crippen LogP contribution in [-0.4, -0.2) is 222 Å². The summed E-state index contributed by atoms with van der Waals surface area (Å²) in [5, 5.41) is 129. The fourth-order valence-corrected chi connectivity index (χ4v) is 17.8. The van der Waals surface area contributed by atoms with Crippen molar-refractivity contribution in [3.63, 3.8) is 0 Å². The number of allylic oxidation sites excluding steroid dienone is 8. The summed E-state index contributed by atoms with van der Waals surface area (Å²) in [5.41, 5.74) is 7.84. The zero-order valence-corrected chi connectivity index (χ0v) is 66.6. The van der Waals surface area contributed by atoms with Gasteiger partial charge in [-0.15, -0.1) is 11.6 Å². The molecule has 19 N–H and O–H groups in total. The number of thiocarbonyl (C=S) groups is 1. The lowest BCUT2D eigenvalue weighted by molar-refractivity contribution is -0.317. The molecule has 30 nitrogen and oxygen atoms in total. The van der Waals surface area contributed by atoms with Crippen molar-refractivity contribution in [3.8, 4) is 28.4 Å². The number of hydrogen-bond donors (Lipinski definition) is 18. The fourth-order valence-electron chi connectivity index (χ4n) is 16.8. The summed E-state index contributed by atoms with van der Waals surface area (Å²) in [6.45, 7) is 5.22. The Morgan fingerprint density at radius 2 is 1.52 bits per heavy atom. The molecule has 3 saturated heterocycles. The van der Waals surface area contributed by atoms with Crippen LogP contribution in [0.3, 0.4) is 0 Å². The van der Waals surface area contributed by atoms with E-state index in [0.717, 1.165) is 0 Å². The molecule has 0 spiro atoms. The van der Waals surface area contributed by atoms with E-state index in [1.165, 1.54) is 48.6 Å². The van der Waals surface area contributed by atoms with E-state index < -0.39 is 200 Å². The lowest BCUT2D eigenvalue weighted by Crippen LogP contribution is -2.63. The molecule has 8 heterocycles. The van der Waals surface area contributed by atoms with Crippen LogP contribution in [0.4, 0.5) is 0 Å². The maximum Gasteiger partial charge on any atom is 0.247 e. The molecule has 0 aromatic heterocycles. The van der Waals surface area contributed by atoms with Gasteiger partial charge in [-0.1, -0.05) is 97.8 Å². The summed E-state index contributed by atoms with van der Waals surface area (Å²) in [4.78, 5) is 89.1. The highest BCUT2D eigenvalue weighted by Crippen LogP contribution is 2.51. The average molecular weight is 1670 g/mol. The van der Waals surface area contributed by atoms with E-state index in [1.54, 1.807) is 38.2 Å². The number of nitrogens with one attached hydrogen (secondary N) is 8. The lowest BCUT2D eigenvalue weighted by Gasteiger charge is -2.49. The van der Waals surface area contributed by atoms with E-state index in [4.69, 9.17) is 81.2 Å². The van der Waals surface area contributed by atoms with Crippen LogP contribution in [-0.2, 0) is 49.5 Å². The second kappa shape index (κ2) is 35.6. The SMILES string of the molecule is CN[C@H](CC(C)C)C(=O)N[C@H]1C(=O)N[C@@H](CCC(N)=O)C(=O)N[C@H]2C(=S)N[C@H]3C(=O)N[C@H](C(=O)N[C@H](CO)C4=CC(O)CC(O)=C4C4CC3=CC=C4CO)[C@H](O)C3=CC=C(Oc4cc2cc(c4O[C@H]2OC(CO)C(O)[C@@H]4c5cc(ccc5-c5ccc(Cl)cc5)CNC5(C)C[C@H](OC24)OC(C)[C@H]5O)OC2=C(Cl)C=C(CC2)[C@H]1O)C(Cl)C3. The number of likely N-dealkylation sites (N-methyl/N-ethyl adjacent to an activating group) is 1. The maximum absolute atomic E-state index is 15.9. The number of benzene rings is 3. The summed E-state index contributed by atoms with van der Waals surface area (Å²) in [6, 6.07) is 3.85. The first-order valence-electron chi connectivity index (χ1n) is 38.3. The first kappa shape index (κ1) is 84.7. The van der Waals surface area contributed by atoms with Gasteiger partial charge in [0, 0.05) is 60.2 Å². The van der Waals surface area contributed by atoms with E-state index in [9.17, 15) is 55.5 Å². The third kappa shape index (κ3) is 18.0. The Morgan fingerprint density at radius 3 is 2.21 bits per heavy atom. The minimum absolute atomic E-state index is 0.00791. The quantitative estimate of drug-likeness (QED) is 0.0814. The molecular weight excluding hydrogens is 1570 g/mol. The predicted octanol–water partition coefficient (Wildman–Crippen LogP) is 3.14. The lowest BCUT2D eigenvalue weighted by atomic mass is 9.73. The van der Waals surface area contributed by atoms with Crippen LogP contribution < -0.4 is 62.5 Å². The second-order valence-electron chi connectivity index (χ2n) is 31.3. The molecule has 8 aliphatic heterocycles. The zero-order chi connectivity index (χ0) is 82.3. The molecule has 3 aromatic rings. The third-order valence-corrected chi connectivity index (χ3v) is 24.2. The van der Waals surface area contributed by atoms with Crippen molar-refractivity contribution >= 4 is 87.5 Å². The molecular formula is C81H96Cl3N9O21S. The number of hydrogen-bond acceptors (Lipinski definition) is 24. The number of aliphatic hydroxyl groups is 9. The van der Waals surface area contributed by atoms with E-state index in [0.29, 0.717) is 32.8 Å². The molecule has 8 unspecified atom stereocenters. The van der Waals surface area contributed by atoms with Gasteiger partial charge in [0.05, 0.1) is 72.5 Å². The predicted molar refractivity (Wildman–Crippen MR) is 423 cm³/mol. The van der Waals surface area contributed by atoms with Gasteiger partial charge in [0.15, 0.2) is 17.8 Å². The average Bonchev–Trinajstić information content (AvgIpc) is 1.72. The number of carbonyl (C=O) groups excluding carboxylic acids is 6. The van der Waals surface area contributed by atoms with Crippen LogP contribution in [0.2, 0.25) is 5.02 Å². The van der Waals surface area contributed by atoms with Gasteiger partial charge in [0.25, 0.3) is 0 Å².